The maximum atomic E-state index is 13.4. The third-order valence-electron chi connectivity index (χ3n) is 6.20. The second kappa shape index (κ2) is 8.81. The summed E-state index contributed by atoms with van der Waals surface area (Å²) in [6.45, 7) is 0. The molecule has 6 heteroatoms. The third-order valence-corrected chi connectivity index (χ3v) is 6.20. The van der Waals surface area contributed by atoms with E-state index in [1.165, 1.54) is 12.0 Å². The van der Waals surface area contributed by atoms with Crippen LogP contribution in [0.1, 0.15) is 22.7 Å². The number of hydrogen-bond donors (Lipinski definition) is 1. The molecule has 5 rings (SSSR count). The van der Waals surface area contributed by atoms with Gasteiger partial charge in [-0.05, 0) is 41.1 Å². The Morgan fingerprint density at radius 3 is 2.34 bits per heavy atom. The van der Waals surface area contributed by atoms with Gasteiger partial charge in [0.2, 0.25) is 0 Å². The summed E-state index contributed by atoms with van der Waals surface area (Å²) in [6.07, 6.45) is 0. The van der Waals surface area contributed by atoms with Gasteiger partial charge in [0.15, 0.2) is 0 Å². The van der Waals surface area contributed by atoms with Crippen LogP contribution in [0.2, 0.25) is 0 Å². The van der Waals surface area contributed by atoms with Crippen LogP contribution in [0, 0.1) is 11.3 Å². The van der Waals surface area contributed by atoms with E-state index in [-0.39, 0.29) is 11.3 Å². The van der Waals surface area contributed by atoms with Gasteiger partial charge in [0.1, 0.15) is 11.5 Å². The number of hydrogen-bond acceptors (Lipinski definition) is 5. The van der Waals surface area contributed by atoms with Gasteiger partial charge in [0.25, 0.3) is 11.7 Å². The number of benzene rings is 4. The number of ether oxygens (including phenoxy) is 1. The molecular weight excluding hydrogens is 440 g/mol. The normalized spacial score (nSPS) is 16.9. The van der Waals surface area contributed by atoms with E-state index >= 15 is 0 Å². The highest BCUT2D eigenvalue weighted by Gasteiger charge is 2.48. The van der Waals surface area contributed by atoms with E-state index in [1.54, 1.807) is 60.7 Å². The van der Waals surface area contributed by atoms with Gasteiger partial charge in [0, 0.05) is 16.8 Å². The van der Waals surface area contributed by atoms with E-state index in [2.05, 4.69) is 6.07 Å². The maximum absolute atomic E-state index is 13.4. The fourth-order valence-corrected chi connectivity index (χ4v) is 4.56. The summed E-state index contributed by atoms with van der Waals surface area (Å²) in [5, 5.41) is 22.4. The monoisotopic (exact) mass is 460 g/mol. The van der Waals surface area contributed by atoms with Gasteiger partial charge in [-0.3, -0.25) is 14.5 Å². The summed E-state index contributed by atoms with van der Waals surface area (Å²) >= 11 is 0. The first-order valence-electron chi connectivity index (χ1n) is 11.0. The third kappa shape index (κ3) is 3.60. The van der Waals surface area contributed by atoms with Crippen LogP contribution in [-0.4, -0.2) is 23.9 Å². The Kier molecular flexibility index (Phi) is 5.52. The molecule has 1 unspecified atom stereocenters. The Balaban J connectivity index is 1.79. The molecule has 0 radical (unpaired) electrons. The molecule has 0 bridgehead atoms. The van der Waals surface area contributed by atoms with E-state index in [4.69, 9.17) is 4.74 Å². The number of nitriles is 1. The van der Waals surface area contributed by atoms with Crippen molar-refractivity contribution in [2.45, 2.75) is 6.04 Å². The molecule has 170 valence electrons. The van der Waals surface area contributed by atoms with E-state index in [1.807, 2.05) is 30.3 Å². The minimum Gasteiger partial charge on any atom is -0.507 e. The van der Waals surface area contributed by atoms with Crippen LogP contribution < -0.4 is 9.64 Å². The van der Waals surface area contributed by atoms with E-state index < -0.39 is 17.7 Å². The number of rotatable bonds is 4. The van der Waals surface area contributed by atoms with Crippen molar-refractivity contribution in [2.24, 2.45) is 0 Å². The molecule has 0 spiro atoms. The first-order valence-corrected chi connectivity index (χ1v) is 11.0. The van der Waals surface area contributed by atoms with Crippen LogP contribution in [0.5, 0.6) is 5.75 Å². The van der Waals surface area contributed by atoms with Crippen molar-refractivity contribution in [1.29, 1.82) is 5.26 Å². The number of methoxy groups -OCH3 is 1. The lowest BCUT2D eigenvalue weighted by Crippen LogP contribution is -2.29. The zero-order chi connectivity index (χ0) is 24.5. The van der Waals surface area contributed by atoms with Gasteiger partial charge < -0.3 is 9.84 Å². The highest BCUT2D eigenvalue weighted by atomic mass is 16.5. The van der Waals surface area contributed by atoms with Gasteiger partial charge in [-0.1, -0.05) is 60.7 Å². The molecule has 1 fully saturated rings. The standard InChI is InChI=1S/C29H20N2O4/c1-35-24-12-5-4-10-23(24)26-25(27(32)22-11-6-8-19-7-2-3-9-21(19)22)28(33)29(34)31(26)20-15-13-18(17-30)14-16-20/h2-16,26,32H,1H3/b27-25+. The maximum Gasteiger partial charge on any atom is 0.300 e. The number of carbonyl (C=O) groups excluding carboxylic acids is 2. The summed E-state index contributed by atoms with van der Waals surface area (Å²) in [6, 6.07) is 27.6. The molecule has 1 heterocycles. The van der Waals surface area contributed by atoms with Crippen LogP contribution in [0.15, 0.2) is 96.6 Å². The number of nitrogens with zero attached hydrogens (tertiary/aromatic N) is 2. The van der Waals surface area contributed by atoms with Crippen molar-refractivity contribution >= 4 is 33.9 Å². The minimum absolute atomic E-state index is 0.0276. The van der Waals surface area contributed by atoms with Crippen molar-refractivity contribution in [2.75, 3.05) is 12.0 Å². The fraction of sp³-hybridized carbons (Fsp3) is 0.0690. The van der Waals surface area contributed by atoms with Gasteiger partial charge in [0.05, 0.1) is 30.4 Å². The van der Waals surface area contributed by atoms with Crippen molar-refractivity contribution in [1.82, 2.24) is 0 Å². The summed E-state index contributed by atoms with van der Waals surface area (Å²) < 4.78 is 5.56. The number of aliphatic hydroxyl groups excluding tert-OH is 1. The number of fused-ring (bicyclic) bond motifs is 1. The van der Waals surface area contributed by atoms with Gasteiger partial charge in [-0.25, -0.2) is 0 Å². The molecular formula is C29H20N2O4. The molecule has 35 heavy (non-hydrogen) atoms. The quantitative estimate of drug-likeness (QED) is 0.252. The number of Topliss-reactive ketones (excluding diaryl/α,β-unsaturated/α-hetero) is 1. The van der Waals surface area contributed by atoms with Gasteiger partial charge in [-0.2, -0.15) is 5.26 Å². The Labute approximate surface area is 201 Å². The molecule has 4 aromatic carbocycles. The SMILES string of the molecule is COc1ccccc1C1/C(=C(\O)c2cccc3ccccc23)C(=O)C(=O)N1c1ccc(C#N)cc1. The van der Waals surface area contributed by atoms with Crippen molar-refractivity contribution in [3.05, 3.63) is 113 Å². The van der Waals surface area contributed by atoms with Crippen LogP contribution in [-0.2, 0) is 9.59 Å². The van der Waals surface area contributed by atoms with Crippen molar-refractivity contribution in [3.8, 4) is 11.8 Å². The number of ketones is 1. The lowest BCUT2D eigenvalue weighted by molar-refractivity contribution is -0.132. The first kappa shape index (κ1) is 21.9. The topological polar surface area (TPSA) is 90.6 Å². The predicted molar refractivity (Wildman–Crippen MR) is 133 cm³/mol. The molecule has 0 aliphatic carbocycles. The predicted octanol–water partition coefficient (Wildman–Crippen LogP) is 5.35. The largest absolute Gasteiger partial charge is 0.507 e. The van der Waals surface area contributed by atoms with Crippen molar-refractivity contribution < 1.29 is 19.4 Å². The molecule has 1 atom stereocenters. The molecule has 1 amide bonds. The second-order valence-electron chi connectivity index (χ2n) is 8.10. The number of para-hydroxylation sites is 1. The number of anilines is 1. The fourth-order valence-electron chi connectivity index (χ4n) is 4.56. The highest BCUT2D eigenvalue weighted by molar-refractivity contribution is 6.51. The number of amides is 1. The summed E-state index contributed by atoms with van der Waals surface area (Å²) in [5.41, 5.74) is 1.84. The first-order chi connectivity index (χ1) is 17.0. The molecule has 4 aromatic rings. The molecule has 0 aromatic heterocycles. The average molecular weight is 460 g/mol. The zero-order valence-corrected chi connectivity index (χ0v) is 18.8. The second-order valence-corrected chi connectivity index (χ2v) is 8.10. The molecule has 1 aliphatic heterocycles. The van der Waals surface area contributed by atoms with Gasteiger partial charge >= 0.3 is 0 Å². The number of aliphatic hydroxyl groups is 1. The van der Waals surface area contributed by atoms with Crippen LogP contribution in [0.25, 0.3) is 16.5 Å². The van der Waals surface area contributed by atoms with Gasteiger partial charge in [-0.15, -0.1) is 0 Å². The highest BCUT2D eigenvalue weighted by Crippen LogP contribution is 2.45. The molecule has 1 N–H and O–H groups in total. The van der Waals surface area contributed by atoms with Crippen molar-refractivity contribution in [3.63, 3.8) is 0 Å². The van der Waals surface area contributed by atoms with Crippen LogP contribution in [0.4, 0.5) is 5.69 Å². The molecule has 1 saturated heterocycles. The van der Waals surface area contributed by atoms with Crippen LogP contribution >= 0.6 is 0 Å². The Morgan fingerprint density at radius 1 is 0.914 bits per heavy atom. The molecule has 6 nitrogen and oxygen atoms in total. The summed E-state index contributed by atoms with van der Waals surface area (Å²) in [4.78, 5) is 28.2. The zero-order valence-electron chi connectivity index (χ0n) is 18.8. The summed E-state index contributed by atoms with van der Waals surface area (Å²) in [5.74, 6) is -1.35. The minimum atomic E-state index is -0.932. The Morgan fingerprint density at radius 2 is 1.60 bits per heavy atom. The molecule has 1 aliphatic rings. The van der Waals surface area contributed by atoms with E-state index in [0.29, 0.717) is 28.1 Å². The van der Waals surface area contributed by atoms with E-state index in [0.717, 1.165) is 10.8 Å². The Bertz CT molecular complexity index is 1540. The lowest BCUT2D eigenvalue weighted by Gasteiger charge is -2.26. The Hall–Kier alpha value is -4.89. The molecule has 0 saturated carbocycles. The lowest BCUT2D eigenvalue weighted by atomic mass is 9.92. The number of carbonyl (C=O) groups is 2. The van der Waals surface area contributed by atoms with E-state index in [9.17, 15) is 20.0 Å². The summed E-state index contributed by atoms with van der Waals surface area (Å²) in [7, 11) is 1.51. The smallest absolute Gasteiger partial charge is 0.300 e. The van der Waals surface area contributed by atoms with Crippen LogP contribution in [0.3, 0.4) is 0 Å². The average Bonchev–Trinajstić information content (AvgIpc) is 3.17.